The summed E-state index contributed by atoms with van der Waals surface area (Å²) in [6.07, 6.45) is 0.179. The number of rotatable bonds is 10. The fourth-order valence-corrected chi connectivity index (χ4v) is 4.50. The molecule has 6 nitrogen and oxygen atoms in total. The number of hydrogen-bond acceptors (Lipinski definition) is 4. The molecule has 0 radical (unpaired) electrons. The zero-order chi connectivity index (χ0) is 27.8. The first-order valence-electron chi connectivity index (χ1n) is 13.0. The van der Waals surface area contributed by atoms with Crippen LogP contribution in [0.4, 0.5) is 11.4 Å². The summed E-state index contributed by atoms with van der Waals surface area (Å²) in [5, 5.41) is 3.05. The van der Waals surface area contributed by atoms with Gasteiger partial charge < -0.3 is 19.9 Å². The number of anilines is 2. The van der Waals surface area contributed by atoms with Crippen LogP contribution in [0.1, 0.15) is 28.3 Å². The highest BCUT2D eigenvalue weighted by molar-refractivity contribution is 5.98. The highest BCUT2D eigenvalue weighted by Gasteiger charge is 2.32. The predicted molar refractivity (Wildman–Crippen MR) is 157 cm³/mol. The van der Waals surface area contributed by atoms with E-state index in [2.05, 4.69) is 5.32 Å². The van der Waals surface area contributed by atoms with E-state index in [9.17, 15) is 9.59 Å². The normalized spacial score (nSPS) is 11.4. The van der Waals surface area contributed by atoms with Gasteiger partial charge in [0.15, 0.2) is 0 Å². The van der Waals surface area contributed by atoms with Crippen LogP contribution in [0.25, 0.3) is 0 Å². The summed E-state index contributed by atoms with van der Waals surface area (Å²) in [6, 6.07) is 31.6. The molecule has 2 amide bonds. The summed E-state index contributed by atoms with van der Waals surface area (Å²) in [7, 11) is 5.52. The van der Waals surface area contributed by atoms with Crippen LogP contribution in [0, 0.1) is 6.92 Å². The number of hydrogen-bond donors (Lipinski definition) is 1. The van der Waals surface area contributed by atoms with Crippen LogP contribution >= 0.6 is 0 Å². The van der Waals surface area contributed by atoms with Crippen LogP contribution in [0.15, 0.2) is 103 Å². The van der Waals surface area contributed by atoms with E-state index < -0.39 is 6.04 Å². The second-order valence-electron chi connectivity index (χ2n) is 9.72. The molecule has 6 heteroatoms. The van der Waals surface area contributed by atoms with Crippen LogP contribution < -0.4 is 15.0 Å². The van der Waals surface area contributed by atoms with Crippen molar-refractivity contribution in [2.75, 3.05) is 31.4 Å². The smallest absolute Gasteiger partial charge is 0.251 e. The van der Waals surface area contributed by atoms with E-state index in [1.54, 1.807) is 12.0 Å². The Morgan fingerprint density at radius 2 is 1.54 bits per heavy atom. The van der Waals surface area contributed by atoms with E-state index in [0.29, 0.717) is 17.0 Å². The molecule has 0 spiro atoms. The molecule has 0 heterocycles. The number of aryl methyl sites for hydroxylation is 1. The lowest BCUT2D eigenvalue weighted by molar-refractivity contribution is -0.139. The van der Waals surface area contributed by atoms with Crippen LogP contribution in [0.3, 0.4) is 0 Å². The lowest BCUT2D eigenvalue weighted by Gasteiger charge is -2.32. The molecule has 4 rings (SSSR count). The quantitative estimate of drug-likeness (QED) is 0.277. The minimum Gasteiger partial charge on any atom is -0.497 e. The monoisotopic (exact) mass is 521 g/mol. The third kappa shape index (κ3) is 7.05. The maximum atomic E-state index is 14.0. The molecule has 0 fully saturated rings. The molecular weight excluding hydrogens is 486 g/mol. The number of methoxy groups -OCH3 is 1. The Morgan fingerprint density at radius 3 is 2.21 bits per heavy atom. The van der Waals surface area contributed by atoms with Crippen LogP contribution in [0.2, 0.25) is 0 Å². The van der Waals surface area contributed by atoms with E-state index >= 15 is 0 Å². The number of ether oxygens (including phenoxy) is 1. The maximum absolute atomic E-state index is 14.0. The number of benzene rings is 4. The van der Waals surface area contributed by atoms with Gasteiger partial charge in [-0.3, -0.25) is 9.59 Å². The zero-order valence-corrected chi connectivity index (χ0v) is 22.9. The van der Waals surface area contributed by atoms with Gasteiger partial charge in [-0.2, -0.15) is 0 Å². The molecule has 0 aliphatic carbocycles. The topological polar surface area (TPSA) is 61.9 Å². The van der Waals surface area contributed by atoms with Crippen molar-refractivity contribution in [3.63, 3.8) is 0 Å². The largest absolute Gasteiger partial charge is 0.497 e. The zero-order valence-electron chi connectivity index (χ0n) is 22.9. The number of carbonyl (C=O) groups excluding carboxylic acids is 2. The van der Waals surface area contributed by atoms with E-state index in [-0.39, 0.29) is 24.8 Å². The Labute approximate surface area is 230 Å². The van der Waals surface area contributed by atoms with Crippen molar-refractivity contribution < 1.29 is 14.3 Å². The average Bonchev–Trinajstić information content (AvgIpc) is 2.94. The van der Waals surface area contributed by atoms with Gasteiger partial charge in [0, 0.05) is 32.0 Å². The fourth-order valence-electron chi connectivity index (χ4n) is 4.50. The number of nitrogens with one attached hydrogen (secondary N) is 1. The highest BCUT2D eigenvalue weighted by atomic mass is 16.5. The van der Waals surface area contributed by atoms with Gasteiger partial charge in [-0.15, -0.1) is 0 Å². The molecule has 1 atom stereocenters. The Bertz CT molecular complexity index is 1400. The summed E-state index contributed by atoms with van der Waals surface area (Å²) < 4.78 is 5.47. The van der Waals surface area contributed by atoms with Crippen molar-refractivity contribution in [1.82, 2.24) is 4.90 Å². The first-order valence-corrected chi connectivity index (χ1v) is 13.0. The summed E-state index contributed by atoms with van der Waals surface area (Å²) in [4.78, 5) is 31.7. The van der Waals surface area contributed by atoms with Gasteiger partial charge in [-0.25, -0.2) is 0 Å². The Balaban J connectivity index is 1.76. The minimum atomic E-state index is -0.885. The van der Waals surface area contributed by atoms with E-state index in [1.807, 2.05) is 129 Å². The second-order valence-corrected chi connectivity index (χ2v) is 9.72. The van der Waals surface area contributed by atoms with E-state index in [4.69, 9.17) is 4.74 Å². The van der Waals surface area contributed by atoms with Crippen molar-refractivity contribution in [2.45, 2.75) is 25.9 Å². The molecular formula is C33H35N3O3. The van der Waals surface area contributed by atoms with Crippen molar-refractivity contribution >= 4 is 23.2 Å². The van der Waals surface area contributed by atoms with Gasteiger partial charge in [0.2, 0.25) is 5.91 Å². The first kappa shape index (κ1) is 27.5. The summed E-state index contributed by atoms with van der Waals surface area (Å²) >= 11 is 0. The van der Waals surface area contributed by atoms with Crippen molar-refractivity contribution in [3.8, 4) is 5.75 Å². The van der Waals surface area contributed by atoms with Crippen LogP contribution in [0.5, 0.6) is 5.75 Å². The van der Waals surface area contributed by atoms with Gasteiger partial charge >= 0.3 is 0 Å². The third-order valence-corrected chi connectivity index (χ3v) is 6.74. The highest BCUT2D eigenvalue weighted by Crippen LogP contribution is 2.29. The van der Waals surface area contributed by atoms with Gasteiger partial charge in [-0.05, 0) is 65.6 Å². The molecule has 0 saturated carbocycles. The molecule has 4 aromatic carbocycles. The predicted octanol–water partition coefficient (Wildman–Crippen LogP) is 6.02. The van der Waals surface area contributed by atoms with Crippen molar-refractivity contribution in [3.05, 3.63) is 125 Å². The molecule has 0 bridgehead atoms. The average molecular weight is 522 g/mol. The van der Waals surface area contributed by atoms with Crippen LogP contribution in [-0.4, -0.2) is 37.9 Å². The standard InChI is InChI=1S/C33H35N3O3/c1-24-11-8-9-14-27(24)23-36(31(37)21-25-12-6-5-7-13-25)32(26-15-10-16-30(22-26)39-4)33(38)34-28-17-19-29(20-18-28)35(2)3/h5-20,22,32H,21,23H2,1-4H3,(H,34,38). The van der Waals surface area contributed by atoms with Crippen LogP contribution in [-0.2, 0) is 22.6 Å². The fraction of sp³-hybridized carbons (Fsp3) is 0.212. The van der Waals surface area contributed by atoms with E-state index in [1.165, 1.54) is 0 Å². The third-order valence-electron chi connectivity index (χ3n) is 6.74. The second kappa shape index (κ2) is 12.8. The Hall–Kier alpha value is -4.58. The molecule has 1 N–H and O–H groups in total. The first-order chi connectivity index (χ1) is 18.9. The summed E-state index contributed by atoms with van der Waals surface area (Å²) in [5.41, 5.74) is 5.28. The molecule has 0 aliphatic heterocycles. The minimum absolute atomic E-state index is 0.143. The lowest BCUT2D eigenvalue weighted by atomic mass is 10.00. The van der Waals surface area contributed by atoms with Gasteiger partial charge in [0.1, 0.15) is 11.8 Å². The van der Waals surface area contributed by atoms with Gasteiger partial charge in [0.25, 0.3) is 5.91 Å². The van der Waals surface area contributed by atoms with Gasteiger partial charge in [0.05, 0.1) is 13.5 Å². The molecule has 39 heavy (non-hydrogen) atoms. The van der Waals surface area contributed by atoms with Gasteiger partial charge in [-0.1, -0.05) is 66.7 Å². The summed E-state index contributed by atoms with van der Waals surface area (Å²) in [6.45, 7) is 2.30. The molecule has 4 aromatic rings. The number of amides is 2. The van der Waals surface area contributed by atoms with E-state index in [0.717, 1.165) is 22.4 Å². The summed E-state index contributed by atoms with van der Waals surface area (Å²) in [5.74, 6) is 0.179. The molecule has 1 unspecified atom stereocenters. The molecule has 200 valence electrons. The molecule has 0 saturated heterocycles. The van der Waals surface area contributed by atoms with Crippen molar-refractivity contribution in [1.29, 1.82) is 0 Å². The maximum Gasteiger partial charge on any atom is 0.251 e. The Morgan fingerprint density at radius 1 is 0.846 bits per heavy atom. The SMILES string of the molecule is COc1cccc(C(C(=O)Nc2ccc(N(C)C)cc2)N(Cc2ccccc2C)C(=O)Cc2ccccc2)c1. The number of nitrogens with zero attached hydrogens (tertiary/aromatic N) is 2. The van der Waals surface area contributed by atoms with Crippen molar-refractivity contribution in [2.24, 2.45) is 0 Å². The lowest BCUT2D eigenvalue weighted by Crippen LogP contribution is -2.41. The molecule has 0 aromatic heterocycles. The molecule has 0 aliphatic rings. The number of carbonyl (C=O) groups is 2. The Kier molecular flexibility index (Phi) is 9.00.